The van der Waals surface area contributed by atoms with Crippen LogP contribution in [0, 0.1) is 17.8 Å². The van der Waals surface area contributed by atoms with E-state index in [4.69, 9.17) is 0 Å². The van der Waals surface area contributed by atoms with Gasteiger partial charge in [0.2, 0.25) is 10.0 Å². The van der Waals surface area contributed by atoms with Gasteiger partial charge in [-0.15, -0.1) is 0 Å². The molecule has 1 saturated heterocycles. The molecule has 7 nitrogen and oxygen atoms in total. The number of fused-ring (bicyclic) bond motifs is 2. The minimum Gasteiger partial charge on any atom is -0.478 e. The van der Waals surface area contributed by atoms with Crippen molar-refractivity contribution in [3.63, 3.8) is 0 Å². The summed E-state index contributed by atoms with van der Waals surface area (Å²) < 4.78 is 25.2. The number of piperidine rings is 1. The number of carboxylic acid groups (broad SMARTS) is 1. The molecule has 0 bridgehead atoms. The van der Waals surface area contributed by atoms with Gasteiger partial charge in [-0.2, -0.15) is 0 Å². The number of carboxylic acids is 1. The fraction of sp³-hybridized carbons (Fsp3) is 0.303. The van der Waals surface area contributed by atoms with Gasteiger partial charge >= 0.3 is 5.97 Å². The van der Waals surface area contributed by atoms with Crippen molar-refractivity contribution in [1.29, 1.82) is 0 Å². The Balaban J connectivity index is 1.19. The number of hydrogen-bond donors (Lipinski definition) is 2. The highest BCUT2D eigenvalue weighted by Crippen LogP contribution is 2.31. The first-order valence-corrected chi connectivity index (χ1v) is 15.8. The maximum absolute atomic E-state index is 12.1. The largest absolute Gasteiger partial charge is 0.478 e. The summed E-state index contributed by atoms with van der Waals surface area (Å²) in [6.45, 7) is 4.10. The van der Waals surface area contributed by atoms with E-state index in [1.54, 1.807) is 16.4 Å². The van der Waals surface area contributed by atoms with Gasteiger partial charge in [0.25, 0.3) is 0 Å². The number of sulfonamides is 1. The molecule has 3 heterocycles. The van der Waals surface area contributed by atoms with Gasteiger partial charge in [0, 0.05) is 61.1 Å². The van der Waals surface area contributed by atoms with Crippen molar-refractivity contribution in [1.82, 2.24) is 14.2 Å². The van der Waals surface area contributed by atoms with Crippen molar-refractivity contribution in [2.24, 2.45) is 5.92 Å². The predicted molar refractivity (Wildman–Crippen MR) is 161 cm³/mol. The molecule has 1 aromatic heterocycles. The highest BCUT2D eigenvalue weighted by Gasteiger charge is 2.27. The summed E-state index contributed by atoms with van der Waals surface area (Å²) >= 11 is 0. The molecule has 1 fully saturated rings. The zero-order valence-corrected chi connectivity index (χ0v) is 23.9. The number of nitrogens with one attached hydrogen (secondary N) is 1. The van der Waals surface area contributed by atoms with Crippen molar-refractivity contribution in [2.45, 2.75) is 25.8 Å². The first-order valence-electron chi connectivity index (χ1n) is 14.0. The number of hydrogen-bond acceptors (Lipinski definition) is 4. The molecule has 0 atom stereocenters. The lowest BCUT2D eigenvalue weighted by atomic mass is 9.93. The highest BCUT2D eigenvalue weighted by molar-refractivity contribution is 7.88. The van der Waals surface area contributed by atoms with Crippen LogP contribution in [0.3, 0.4) is 0 Å². The Labute approximate surface area is 240 Å². The lowest BCUT2D eigenvalue weighted by Gasteiger charge is -2.35. The van der Waals surface area contributed by atoms with E-state index < -0.39 is 16.0 Å². The second-order valence-corrected chi connectivity index (χ2v) is 13.1. The number of aromatic carboxylic acids is 1. The van der Waals surface area contributed by atoms with E-state index in [0.717, 1.165) is 60.9 Å². The SMILES string of the molecule is CS(=O)(=O)N1CCC(CN2CCc3cc(C#Cc4cccc(C(=O)O)c4-c4ccc5cc[nH]c5c4)ccc3C2)CC1. The number of nitrogens with zero attached hydrogens (tertiary/aromatic N) is 2. The van der Waals surface area contributed by atoms with Crippen LogP contribution in [0.5, 0.6) is 0 Å². The molecule has 3 aromatic carbocycles. The first kappa shape index (κ1) is 27.3. The average molecular weight is 568 g/mol. The highest BCUT2D eigenvalue weighted by atomic mass is 32.2. The predicted octanol–water partition coefficient (Wildman–Crippen LogP) is 4.96. The standard InChI is InChI=1S/C33H33N3O4S/c1-41(39,40)36-17-12-24(13-18-36)21-35-16-14-27-19-23(6-8-29(27)22-35)5-7-26-3-2-4-30(33(37)38)32(26)28-10-9-25-11-15-34-31(25)20-28/h2-4,6,8-11,15,19-20,24,34H,12-14,16-18,21-22H2,1H3,(H,37,38). The van der Waals surface area contributed by atoms with Gasteiger partial charge in [0.15, 0.2) is 0 Å². The summed E-state index contributed by atoms with van der Waals surface area (Å²) in [7, 11) is -3.10. The lowest BCUT2D eigenvalue weighted by molar-refractivity contribution is 0.0697. The summed E-state index contributed by atoms with van der Waals surface area (Å²) in [6.07, 6.45) is 5.94. The van der Waals surface area contributed by atoms with Gasteiger partial charge < -0.3 is 10.1 Å². The van der Waals surface area contributed by atoms with Crippen LogP contribution in [0.2, 0.25) is 0 Å². The quantitative estimate of drug-likeness (QED) is 0.333. The second-order valence-electron chi connectivity index (χ2n) is 11.1. The number of carbonyl (C=O) groups is 1. The van der Waals surface area contributed by atoms with Gasteiger partial charge in [-0.05, 0) is 83.7 Å². The van der Waals surface area contributed by atoms with E-state index in [2.05, 4.69) is 33.9 Å². The zero-order valence-electron chi connectivity index (χ0n) is 23.1. The Hall–Kier alpha value is -3.90. The topological polar surface area (TPSA) is 93.7 Å². The van der Waals surface area contributed by atoms with Gasteiger partial charge in [-0.3, -0.25) is 4.90 Å². The summed E-state index contributed by atoms with van der Waals surface area (Å²) in [4.78, 5) is 17.8. The smallest absolute Gasteiger partial charge is 0.336 e. The van der Waals surface area contributed by atoms with E-state index >= 15 is 0 Å². The Morgan fingerprint density at radius 3 is 2.61 bits per heavy atom. The van der Waals surface area contributed by atoms with Crippen LogP contribution in [-0.2, 0) is 23.0 Å². The molecule has 2 N–H and O–H groups in total. The molecule has 0 aliphatic carbocycles. The lowest BCUT2D eigenvalue weighted by Crippen LogP contribution is -2.42. The number of H-pyrrole nitrogens is 1. The Morgan fingerprint density at radius 2 is 1.83 bits per heavy atom. The van der Waals surface area contributed by atoms with Crippen LogP contribution in [0.25, 0.3) is 22.0 Å². The van der Waals surface area contributed by atoms with Gasteiger partial charge in [-0.25, -0.2) is 17.5 Å². The molecule has 8 heteroatoms. The minimum atomic E-state index is -3.10. The molecule has 2 aliphatic rings. The first-order chi connectivity index (χ1) is 19.7. The number of benzene rings is 3. The van der Waals surface area contributed by atoms with Crippen molar-refractivity contribution in [3.8, 4) is 23.0 Å². The monoisotopic (exact) mass is 567 g/mol. The van der Waals surface area contributed by atoms with Crippen LogP contribution < -0.4 is 0 Å². The molecule has 0 radical (unpaired) electrons. The third kappa shape index (κ3) is 5.94. The molecular formula is C33H33N3O4S. The normalized spacial score (nSPS) is 16.7. The van der Waals surface area contributed by atoms with Gasteiger partial charge in [0.05, 0.1) is 11.8 Å². The molecule has 6 rings (SSSR count). The number of aromatic nitrogens is 1. The molecule has 4 aromatic rings. The van der Waals surface area contributed by atoms with Crippen LogP contribution in [0.4, 0.5) is 0 Å². The number of aromatic amines is 1. The van der Waals surface area contributed by atoms with Crippen LogP contribution in [0.15, 0.2) is 66.9 Å². The molecule has 0 amide bonds. The Bertz CT molecular complexity index is 1790. The summed E-state index contributed by atoms with van der Waals surface area (Å²) in [5.41, 5.74) is 6.83. The van der Waals surface area contributed by atoms with E-state index in [1.165, 1.54) is 17.4 Å². The second kappa shape index (κ2) is 11.2. The third-order valence-corrected chi connectivity index (χ3v) is 9.64. The van der Waals surface area contributed by atoms with E-state index in [0.29, 0.717) is 30.1 Å². The fourth-order valence-electron chi connectivity index (χ4n) is 6.12. The molecular weight excluding hydrogens is 534 g/mol. The van der Waals surface area contributed by atoms with Crippen molar-refractivity contribution >= 4 is 26.9 Å². The summed E-state index contributed by atoms with van der Waals surface area (Å²) in [6, 6.07) is 19.5. The zero-order chi connectivity index (χ0) is 28.6. The van der Waals surface area contributed by atoms with Crippen molar-refractivity contribution in [2.75, 3.05) is 32.4 Å². The molecule has 0 saturated carbocycles. The van der Waals surface area contributed by atoms with Crippen LogP contribution in [-0.4, -0.2) is 66.1 Å². The third-order valence-electron chi connectivity index (χ3n) is 8.34. The van der Waals surface area contributed by atoms with Crippen molar-refractivity contribution in [3.05, 3.63) is 94.7 Å². The molecule has 2 aliphatic heterocycles. The average Bonchev–Trinajstić information content (AvgIpc) is 3.44. The maximum atomic E-state index is 12.1. The summed E-state index contributed by atoms with van der Waals surface area (Å²) in [5, 5.41) is 11.0. The fourth-order valence-corrected chi connectivity index (χ4v) is 7.00. The maximum Gasteiger partial charge on any atom is 0.336 e. The Morgan fingerprint density at radius 1 is 1.00 bits per heavy atom. The summed E-state index contributed by atoms with van der Waals surface area (Å²) in [5.74, 6) is 6.11. The molecule has 0 spiro atoms. The Kier molecular flexibility index (Phi) is 7.43. The molecule has 0 unspecified atom stereocenters. The van der Waals surface area contributed by atoms with E-state index in [1.807, 2.05) is 42.6 Å². The molecule has 41 heavy (non-hydrogen) atoms. The van der Waals surface area contributed by atoms with Crippen molar-refractivity contribution < 1.29 is 18.3 Å². The minimum absolute atomic E-state index is 0.232. The van der Waals surface area contributed by atoms with Crippen LogP contribution in [0.1, 0.15) is 45.5 Å². The van der Waals surface area contributed by atoms with Gasteiger partial charge in [0.1, 0.15) is 0 Å². The van der Waals surface area contributed by atoms with E-state index in [9.17, 15) is 18.3 Å². The van der Waals surface area contributed by atoms with E-state index in [-0.39, 0.29) is 5.56 Å². The van der Waals surface area contributed by atoms with Gasteiger partial charge in [-0.1, -0.05) is 36.1 Å². The van der Waals surface area contributed by atoms with Crippen LogP contribution >= 0.6 is 0 Å². The molecule has 210 valence electrons. The number of rotatable bonds is 5.